The Bertz CT molecular complexity index is 1170. The van der Waals surface area contributed by atoms with Crippen LogP contribution in [-0.2, 0) is 22.4 Å². The molecule has 9 heteroatoms. The highest BCUT2D eigenvalue weighted by Gasteiger charge is 2.27. The van der Waals surface area contributed by atoms with Gasteiger partial charge in [-0.05, 0) is 61.9 Å². The van der Waals surface area contributed by atoms with Gasteiger partial charge < -0.3 is 19.5 Å². The smallest absolute Gasteiger partial charge is 0.341 e. The van der Waals surface area contributed by atoms with Gasteiger partial charge in [-0.3, -0.25) is 4.79 Å². The van der Waals surface area contributed by atoms with Gasteiger partial charge in [-0.1, -0.05) is 6.07 Å². The summed E-state index contributed by atoms with van der Waals surface area (Å²) >= 11 is 1.36. The van der Waals surface area contributed by atoms with E-state index in [0.717, 1.165) is 36.1 Å². The molecule has 1 aliphatic carbocycles. The normalized spacial score (nSPS) is 12.7. The van der Waals surface area contributed by atoms with Gasteiger partial charge in [0.15, 0.2) is 18.1 Å². The molecule has 33 heavy (non-hydrogen) atoms. The van der Waals surface area contributed by atoms with Crippen molar-refractivity contribution >= 4 is 34.3 Å². The highest BCUT2D eigenvalue weighted by Crippen LogP contribution is 2.39. The summed E-state index contributed by atoms with van der Waals surface area (Å²) in [6.45, 7) is 1.83. The zero-order chi connectivity index (χ0) is 23.8. The van der Waals surface area contributed by atoms with E-state index < -0.39 is 11.9 Å². The minimum Gasteiger partial charge on any atom is -0.493 e. The third-order valence-corrected chi connectivity index (χ3v) is 6.24. The first-order valence-corrected chi connectivity index (χ1v) is 11.3. The number of nitriles is 2. The zero-order valence-electron chi connectivity index (χ0n) is 18.4. The molecular weight excluding hydrogens is 442 g/mol. The van der Waals surface area contributed by atoms with Crippen LogP contribution in [0.1, 0.15) is 46.1 Å². The van der Waals surface area contributed by atoms with Gasteiger partial charge in [0.2, 0.25) is 0 Å². The van der Waals surface area contributed by atoms with Gasteiger partial charge >= 0.3 is 5.97 Å². The van der Waals surface area contributed by atoms with E-state index in [-0.39, 0.29) is 18.8 Å². The molecule has 3 rings (SSSR count). The highest BCUT2D eigenvalue weighted by atomic mass is 32.1. The maximum Gasteiger partial charge on any atom is 0.341 e. The molecule has 8 nitrogen and oxygen atoms in total. The second-order valence-electron chi connectivity index (χ2n) is 7.12. The van der Waals surface area contributed by atoms with Crippen molar-refractivity contribution in [2.24, 2.45) is 0 Å². The van der Waals surface area contributed by atoms with E-state index in [9.17, 15) is 14.9 Å². The number of fused-ring (bicyclic) bond motifs is 1. The fourth-order valence-corrected chi connectivity index (χ4v) is 4.83. The molecule has 1 aliphatic rings. The van der Waals surface area contributed by atoms with Crippen molar-refractivity contribution in [3.8, 4) is 23.6 Å². The van der Waals surface area contributed by atoms with Gasteiger partial charge in [-0.25, -0.2) is 4.79 Å². The number of ether oxygens (including phenoxy) is 3. The summed E-state index contributed by atoms with van der Waals surface area (Å²) in [6, 6.07) is 8.64. The maximum atomic E-state index is 12.9. The predicted molar refractivity (Wildman–Crippen MR) is 123 cm³/mol. The van der Waals surface area contributed by atoms with Gasteiger partial charge in [0.05, 0.1) is 19.3 Å². The summed E-state index contributed by atoms with van der Waals surface area (Å²) in [6.07, 6.45) is 5.04. The first-order chi connectivity index (χ1) is 16.0. The summed E-state index contributed by atoms with van der Waals surface area (Å²) < 4.78 is 15.8. The largest absolute Gasteiger partial charge is 0.493 e. The first kappa shape index (κ1) is 23.8. The molecule has 170 valence electrons. The Kier molecular flexibility index (Phi) is 8.06. The third-order valence-electron chi connectivity index (χ3n) is 5.03. The minimum atomic E-state index is -0.620. The van der Waals surface area contributed by atoms with Crippen LogP contribution < -0.4 is 14.8 Å². The van der Waals surface area contributed by atoms with Crippen LogP contribution in [0.4, 0.5) is 5.00 Å². The number of anilines is 1. The molecular formula is C24H23N3O5S. The topological polar surface area (TPSA) is 121 Å². The summed E-state index contributed by atoms with van der Waals surface area (Å²) in [4.78, 5) is 26.6. The molecule has 0 unspecified atom stereocenters. The Morgan fingerprint density at radius 3 is 2.70 bits per heavy atom. The molecule has 0 spiro atoms. The first-order valence-electron chi connectivity index (χ1n) is 10.4. The number of hydrogen-bond acceptors (Lipinski definition) is 8. The average molecular weight is 466 g/mol. The Morgan fingerprint density at radius 1 is 1.21 bits per heavy atom. The number of benzene rings is 1. The number of aryl methyl sites for hydroxylation is 1. The van der Waals surface area contributed by atoms with E-state index in [2.05, 4.69) is 5.32 Å². The van der Waals surface area contributed by atoms with Crippen LogP contribution in [0, 0.1) is 22.7 Å². The molecule has 0 fully saturated rings. The Labute approximate surface area is 196 Å². The average Bonchev–Trinajstić information content (AvgIpc) is 3.19. The fourth-order valence-electron chi connectivity index (χ4n) is 3.56. The predicted octanol–water partition coefficient (Wildman–Crippen LogP) is 4.26. The maximum absolute atomic E-state index is 12.9. The third kappa shape index (κ3) is 5.51. The summed E-state index contributed by atoms with van der Waals surface area (Å²) in [5.41, 5.74) is 1.73. The number of rotatable bonds is 8. The lowest BCUT2D eigenvalue weighted by atomic mass is 9.95. The van der Waals surface area contributed by atoms with Crippen LogP contribution in [-0.4, -0.2) is 32.2 Å². The van der Waals surface area contributed by atoms with E-state index >= 15 is 0 Å². The Balaban J connectivity index is 1.88. The van der Waals surface area contributed by atoms with Gasteiger partial charge in [-0.2, -0.15) is 10.5 Å². The molecule has 0 saturated heterocycles. The summed E-state index contributed by atoms with van der Waals surface area (Å²) in [7, 11) is 1.45. The molecule has 1 amide bonds. The van der Waals surface area contributed by atoms with Crippen LogP contribution in [0.25, 0.3) is 6.08 Å². The van der Waals surface area contributed by atoms with Crippen molar-refractivity contribution in [1.82, 2.24) is 0 Å². The van der Waals surface area contributed by atoms with Gasteiger partial charge in [-0.15, -0.1) is 11.3 Å². The number of thiophene rings is 1. The lowest BCUT2D eigenvalue weighted by molar-refractivity contribution is -0.112. The number of hydrogen-bond donors (Lipinski definition) is 1. The number of nitrogens with one attached hydrogen (secondary N) is 1. The van der Waals surface area contributed by atoms with Gasteiger partial charge in [0.1, 0.15) is 22.7 Å². The molecule has 0 atom stereocenters. The molecule has 1 N–H and O–H groups in total. The number of esters is 1. The van der Waals surface area contributed by atoms with Crippen LogP contribution in [0.2, 0.25) is 0 Å². The van der Waals surface area contributed by atoms with Crippen LogP contribution in [0.15, 0.2) is 23.8 Å². The number of carbonyl (C=O) groups is 2. The van der Waals surface area contributed by atoms with Gasteiger partial charge in [0.25, 0.3) is 5.91 Å². The van der Waals surface area contributed by atoms with Crippen molar-refractivity contribution in [2.75, 3.05) is 25.6 Å². The molecule has 1 heterocycles. The standard InChI is InChI=1S/C24H23N3O5S/c1-3-31-24(29)21-17-6-4-5-7-20(17)33-23(21)27-22(28)16(14-26)12-15-8-9-18(32-11-10-25)19(13-15)30-2/h8-9,12-13H,3-7,11H2,1-2H3,(H,27,28)/b16-12+. The van der Waals surface area contributed by atoms with Gasteiger partial charge in [0, 0.05) is 4.88 Å². The van der Waals surface area contributed by atoms with Crippen molar-refractivity contribution in [3.63, 3.8) is 0 Å². The number of amides is 1. The second kappa shape index (κ2) is 11.2. The van der Waals surface area contributed by atoms with Crippen molar-refractivity contribution in [1.29, 1.82) is 10.5 Å². The van der Waals surface area contributed by atoms with E-state index in [1.165, 1.54) is 24.5 Å². The molecule has 2 aromatic rings. The van der Waals surface area contributed by atoms with E-state index in [0.29, 0.717) is 27.6 Å². The molecule has 0 radical (unpaired) electrons. The monoisotopic (exact) mass is 465 g/mol. The summed E-state index contributed by atoms with van der Waals surface area (Å²) in [5.74, 6) is -0.340. The van der Waals surface area contributed by atoms with Crippen LogP contribution >= 0.6 is 11.3 Å². The number of nitrogens with zero attached hydrogens (tertiary/aromatic N) is 2. The molecule has 0 saturated carbocycles. The molecule has 0 aliphatic heterocycles. The Hall–Kier alpha value is -3.82. The van der Waals surface area contributed by atoms with Crippen molar-refractivity contribution < 1.29 is 23.8 Å². The quantitative estimate of drug-likeness (QED) is 0.351. The highest BCUT2D eigenvalue weighted by molar-refractivity contribution is 7.17. The Morgan fingerprint density at radius 2 is 2.00 bits per heavy atom. The lowest BCUT2D eigenvalue weighted by Crippen LogP contribution is -2.16. The van der Waals surface area contributed by atoms with Crippen LogP contribution in [0.3, 0.4) is 0 Å². The number of carbonyl (C=O) groups excluding carboxylic acids is 2. The fraction of sp³-hybridized carbons (Fsp3) is 0.333. The zero-order valence-corrected chi connectivity index (χ0v) is 19.2. The van der Waals surface area contributed by atoms with Crippen molar-refractivity contribution in [3.05, 3.63) is 45.3 Å². The lowest BCUT2D eigenvalue weighted by Gasteiger charge is -2.12. The van der Waals surface area contributed by atoms with E-state index in [4.69, 9.17) is 19.5 Å². The second-order valence-corrected chi connectivity index (χ2v) is 8.22. The van der Waals surface area contributed by atoms with Crippen LogP contribution in [0.5, 0.6) is 11.5 Å². The van der Waals surface area contributed by atoms with E-state index in [1.807, 2.05) is 12.1 Å². The van der Waals surface area contributed by atoms with Crippen molar-refractivity contribution in [2.45, 2.75) is 32.6 Å². The molecule has 0 bridgehead atoms. The van der Waals surface area contributed by atoms with E-state index in [1.54, 1.807) is 25.1 Å². The SMILES string of the molecule is CCOC(=O)c1c(NC(=O)/C(C#N)=C/c2ccc(OCC#N)c(OC)c2)sc2c1CCCC2. The molecule has 1 aromatic heterocycles. The molecule has 1 aromatic carbocycles. The minimum absolute atomic E-state index is 0.134. The summed E-state index contributed by atoms with van der Waals surface area (Å²) in [5, 5.41) is 21.4. The number of methoxy groups -OCH3 is 1.